The van der Waals surface area contributed by atoms with Crippen LogP contribution in [-0.4, -0.2) is 5.91 Å². The van der Waals surface area contributed by atoms with Crippen LogP contribution < -0.4 is 10.1 Å². The average Bonchev–Trinajstić information content (AvgIpc) is 2.16. The highest BCUT2D eigenvalue weighted by atomic mass is 35.5. The van der Waals surface area contributed by atoms with Gasteiger partial charge in [-0.05, 0) is 23.7 Å². The van der Waals surface area contributed by atoms with Crippen LogP contribution in [0.2, 0.25) is 0 Å². The Bertz CT molecular complexity index is 431. The Morgan fingerprint density at radius 1 is 1.44 bits per heavy atom. The molecule has 0 atom stereocenters. The fourth-order valence-corrected chi connectivity index (χ4v) is 1.02. The maximum atomic E-state index is 12.7. The highest BCUT2D eigenvalue weighted by Crippen LogP contribution is 2.22. The van der Waals surface area contributed by atoms with Gasteiger partial charge in [0.05, 0.1) is 0 Å². The smallest absolute Gasteiger partial charge is 0.326 e. The molecule has 1 aromatic carbocycles. The normalized spacial score (nSPS) is 11.8. The summed E-state index contributed by atoms with van der Waals surface area (Å²) in [6.45, 7) is 1.33. The zero-order valence-electron chi connectivity index (χ0n) is 8.26. The van der Waals surface area contributed by atoms with E-state index in [1.54, 1.807) is 6.07 Å². The predicted octanol–water partition coefficient (Wildman–Crippen LogP) is 3.33. The van der Waals surface area contributed by atoms with Crippen LogP contribution in [0.5, 0.6) is 5.75 Å². The van der Waals surface area contributed by atoms with Gasteiger partial charge >= 0.3 is 6.01 Å². The molecule has 0 saturated heterocycles. The second kappa shape index (κ2) is 5.46. The first-order chi connectivity index (χ1) is 7.49. The molecule has 1 N–H and O–H groups in total. The van der Waals surface area contributed by atoms with E-state index >= 15 is 0 Å². The van der Waals surface area contributed by atoms with Crippen LogP contribution in [-0.2, 0) is 4.79 Å². The Morgan fingerprint density at radius 2 is 2.12 bits per heavy atom. The number of carbonyl (C=O) groups is 1. The number of amides is 1. The number of benzene rings is 1. The third kappa shape index (κ3) is 3.86. The zero-order chi connectivity index (χ0) is 12.1. The quantitative estimate of drug-likeness (QED) is 0.832. The Labute approximate surface area is 95.7 Å². The topological polar surface area (TPSA) is 38.3 Å². The lowest BCUT2D eigenvalue weighted by atomic mass is 10.3. The number of hydrogen-bond donors (Lipinski definition) is 1. The van der Waals surface area contributed by atoms with Crippen molar-refractivity contribution in [3.8, 4) is 5.75 Å². The fourth-order valence-electron chi connectivity index (χ4n) is 0.983. The maximum Gasteiger partial charge on any atom is 0.326 e. The van der Waals surface area contributed by atoms with E-state index in [4.69, 9.17) is 11.6 Å². The van der Waals surface area contributed by atoms with Crippen LogP contribution in [0.3, 0.4) is 0 Å². The van der Waals surface area contributed by atoms with Crippen molar-refractivity contribution in [1.29, 1.82) is 0 Å². The molecule has 0 aliphatic carbocycles. The van der Waals surface area contributed by atoms with Crippen LogP contribution >= 0.6 is 11.6 Å². The average molecular weight is 248 g/mol. The van der Waals surface area contributed by atoms with E-state index in [0.717, 1.165) is 0 Å². The van der Waals surface area contributed by atoms with Gasteiger partial charge in [0.15, 0.2) is 0 Å². The van der Waals surface area contributed by atoms with Crippen molar-refractivity contribution in [1.82, 2.24) is 0 Å². The summed E-state index contributed by atoms with van der Waals surface area (Å²) in [6.07, 6.45) is 0. The van der Waals surface area contributed by atoms with Crippen LogP contribution in [0, 0.1) is 0 Å². The van der Waals surface area contributed by atoms with E-state index in [1.807, 2.05) is 0 Å². The van der Waals surface area contributed by atoms with Gasteiger partial charge in [-0.1, -0.05) is 6.07 Å². The van der Waals surface area contributed by atoms with Gasteiger partial charge in [-0.3, -0.25) is 4.79 Å². The number of nitrogens with one attached hydrogen (secondary N) is 1. The molecule has 1 amide bonds. The van der Waals surface area contributed by atoms with E-state index in [9.17, 15) is 13.6 Å². The molecular weight excluding hydrogens is 240 g/mol. The van der Waals surface area contributed by atoms with Gasteiger partial charge in [0, 0.05) is 18.7 Å². The van der Waals surface area contributed by atoms with Crippen molar-refractivity contribution in [3.63, 3.8) is 0 Å². The summed E-state index contributed by atoms with van der Waals surface area (Å²) < 4.78 is 29.3. The minimum absolute atomic E-state index is 0.0274. The predicted molar refractivity (Wildman–Crippen MR) is 56.5 cm³/mol. The van der Waals surface area contributed by atoms with Gasteiger partial charge < -0.3 is 10.1 Å². The molecule has 0 saturated carbocycles. The zero-order valence-corrected chi connectivity index (χ0v) is 9.02. The Kier molecular flexibility index (Phi) is 4.25. The second-order valence-corrected chi connectivity index (χ2v) is 3.18. The van der Waals surface area contributed by atoms with Crippen LogP contribution in [0.4, 0.5) is 14.5 Å². The standard InChI is InChI=1S/C10H8ClF2NO2/c1-6(15)14-7-3-2-4-8(5-7)16-10(13)9(11)12/h2-5H,1H3,(H,14,15)/b10-9-. The van der Waals surface area contributed by atoms with Crippen LogP contribution in [0.15, 0.2) is 35.6 Å². The first kappa shape index (κ1) is 12.4. The van der Waals surface area contributed by atoms with Crippen LogP contribution in [0.25, 0.3) is 0 Å². The third-order valence-corrected chi connectivity index (χ3v) is 1.66. The molecule has 86 valence electrons. The van der Waals surface area contributed by atoms with Gasteiger partial charge in [0.25, 0.3) is 5.29 Å². The monoisotopic (exact) mass is 247 g/mol. The number of hydrogen-bond acceptors (Lipinski definition) is 2. The van der Waals surface area contributed by atoms with Crippen molar-refractivity contribution < 1.29 is 18.3 Å². The number of carbonyl (C=O) groups excluding carboxylic acids is 1. The third-order valence-electron chi connectivity index (χ3n) is 1.51. The number of ether oxygens (including phenoxy) is 1. The van der Waals surface area contributed by atoms with Gasteiger partial charge in [-0.2, -0.15) is 8.78 Å². The summed E-state index contributed by atoms with van der Waals surface area (Å²) in [6, 6.07) is 4.29. The number of halogens is 3. The van der Waals surface area contributed by atoms with Gasteiger partial charge in [0.1, 0.15) is 5.75 Å². The van der Waals surface area contributed by atoms with Crippen molar-refractivity contribution >= 4 is 23.2 Å². The molecule has 0 unspecified atom stereocenters. The summed E-state index contributed by atoms with van der Waals surface area (Å²) in [4.78, 5) is 10.7. The first-order valence-corrected chi connectivity index (χ1v) is 4.63. The molecule has 1 rings (SSSR count). The minimum atomic E-state index is -1.56. The molecular formula is C10H8ClF2NO2. The molecule has 3 nitrogen and oxygen atoms in total. The molecule has 1 aromatic rings. The fraction of sp³-hybridized carbons (Fsp3) is 0.100. The van der Waals surface area contributed by atoms with Crippen molar-refractivity contribution in [2.45, 2.75) is 6.92 Å². The molecule has 0 heterocycles. The summed E-state index contributed by atoms with van der Waals surface area (Å²) in [5.74, 6) is -0.253. The van der Waals surface area contributed by atoms with Crippen molar-refractivity contribution in [2.75, 3.05) is 5.32 Å². The Balaban J connectivity index is 2.83. The van der Waals surface area contributed by atoms with E-state index < -0.39 is 11.3 Å². The van der Waals surface area contributed by atoms with Crippen molar-refractivity contribution in [3.05, 3.63) is 35.6 Å². The van der Waals surface area contributed by atoms with E-state index in [0.29, 0.717) is 5.69 Å². The number of rotatable bonds is 3. The Morgan fingerprint density at radius 3 is 2.69 bits per heavy atom. The highest BCUT2D eigenvalue weighted by Gasteiger charge is 2.06. The maximum absolute atomic E-state index is 12.7. The van der Waals surface area contributed by atoms with E-state index in [1.165, 1.54) is 25.1 Å². The minimum Gasteiger partial charge on any atom is -0.429 e. The second-order valence-electron chi connectivity index (χ2n) is 2.85. The molecule has 0 spiro atoms. The van der Waals surface area contributed by atoms with Gasteiger partial charge in [-0.25, -0.2) is 0 Å². The molecule has 0 fully saturated rings. The summed E-state index contributed by atoms with van der Waals surface area (Å²) >= 11 is 4.75. The van der Waals surface area contributed by atoms with E-state index in [2.05, 4.69) is 10.1 Å². The van der Waals surface area contributed by atoms with Gasteiger partial charge in [-0.15, -0.1) is 0 Å². The highest BCUT2D eigenvalue weighted by molar-refractivity contribution is 6.28. The molecule has 0 aliphatic heterocycles. The molecule has 16 heavy (non-hydrogen) atoms. The van der Waals surface area contributed by atoms with Crippen LogP contribution in [0.1, 0.15) is 6.92 Å². The van der Waals surface area contributed by atoms with E-state index in [-0.39, 0.29) is 11.7 Å². The van der Waals surface area contributed by atoms with Gasteiger partial charge in [0.2, 0.25) is 5.91 Å². The molecule has 0 radical (unpaired) electrons. The SMILES string of the molecule is CC(=O)Nc1cccc(O/C(F)=C(\F)Cl)c1. The number of anilines is 1. The summed E-state index contributed by atoms with van der Waals surface area (Å²) in [5.41, 5.74) is 0.410. The molecule has 0 aromatic heterocycles. The molecule has 0 bridgehead atoms. The lowest BCUT2D eigenvalue weighted by Gasteiger charge is -2.05. The lowest BCUT2D eigenvalue weighted by molar-refractivity contribution is -0.114. The summed E-state index contributed by atoms with van der Waals surface area (Å²) in [7, 11) is 0. The Hall–Kier alpha value is -1.62. The largest absolute Gasteiger partial charge is 0.429 e. The lowest BCUT2D eigenvalue weighted by Crippen LogP contribution is -2.05. The summed E-state index contributed by atoms with van der Waals surface area (Å²) in [5, 5.41) is 0.899. The first-order valence-electron chi connectivity index (χ1n) is 4.25. The molecule has 6 heteroatoms. The van der Waals surface area contributed by atoms with Crippen molar-refractivity contribution in [2.24, 2.45) is 0 Å². The molecule has 0 aliphatic rings.